The van der Waals surface area contributed by atoms with Gasteiger partial charge in [-0.05, 0) is 19.8 Å². The number of carbonyl (C=O) groups is 1. The lowest BCUT2D eigenvalue weighted by Gasteiger charge is -2.11. The van der Waals surface area contributed by atoms with Crippen LogP contribution >= 0.6 is 0 Å². The molecule has 5 heteroatoms. The first-order valence-electron chi connectivity index (χ1n) is 5.10. The molecule has 0 aliphatic carbocycles. The third-order valence-electron chi connectivity index (χ3n) is 2.48. The maximum atomic E-state index is 11.7. The van der Waals surface area contributed by atoms with E-state index >= 15 is 0 Å². The summed E-state index contributed by atoms with van der Waals surface area (Å²) < 4.78 is 4.95. The van der Waals surface area contributed by atoms with Gasteiger partial charge in [-0.25, -0.2) is 0 Å². The van der Waals surface area contributed by atoms with Gasteiger partial charge in [0.1, 0.15) is 5.92 Å². The number of nitriles is 1. The van der Waals surface area contributed by atoms with Crippen molar-refractivity contribution >= 4 is 11.8 Å². The van der Waals surface area contributed by atoms with Crippen LogP contribution in [0.4, 0.5) is 5.88 Å². The van der Waals surface area contributed by atoms with Gasteiger partial charge in [-0.2, -0.15) is 5.26 Å². The van der Waals surface area contributed by atoms with Crippen molar-refractivity contribution in [3.05, 3.63) is 11.3 Å². The SMILES string of the molecule is Cc1noc(NC(=O)C(C#N)C(C)C)c1C. The Balaban J connectivity index is 2.79. The monoisotopic (exact) mass is 221 g/mol. The van der Waals surface area contributed by atoms with Crippen molar-refractivity contribution in [2.45, 2.75) is 27.7 Å². The van der Waals surface area contributed by atoms with Gasteiger partial charge in [0.15, 0.2) is 0 Å². The minimum Gasteiger partial charge on any atom is -0.338 e. The summed E-state index contributed by atoms with van der Waals surface area (Å²) in [5.41, 5.74) is 1.52. The second kappa shape index (κ2) is 4.79. The standard InChI is InChI=1S/C11H15N3O2/c1-6(2)9(5-12)10(15)13-11-7(3)8(4)14-16-11/h6,9H,1-4H3,(H,13,15). The van der Waals surface area contributed by atoms with Crippen molar-refractivity contribution in [1.82, 2.24) is 5.16 Å². The minimum atomic E-state index is -0.676. The van der Waals surface area contributed by atoms with Gasteiger partial charge in [0.05, 0.1) is 11.8 Å². The van der Waals surface area contributed by atoms with Crippen LogP contribution in [0.3, 0.4) is 0 Å². The van der Waals surface area contributed by atoms with E-state index in [1.54, 1.807) is 13.8 Å². The van der Waals surface area contributed by atoms with Gasteiger partial charge in [0.2, 0.25) is 11.8 Å². The van der Waals surface area contributed by atoms with Crippen molar-refractivity contribution in [2.24, 2.45) is 11.8 Å². The van der Waals surface area contributed by atoms with Crippen LogP contribution in [0.15, 0.2) is 4.52 Å². The summed E-state index contributed by atoms with van der Waals surface area (Å²) in [6, 6.07) is 1.97. The van der Waals surface area contributed by atoms with Crippen molar-refractivity contribution in [1.29, 1.82) is 5.26 Å². The molecular formula is C11H15N3O2. The highest BCUT2D eigenvalue weighted by molar-refractivity contribution is 5.93. The summed E-state index contributed by atoms with van der Waals surface area (Å²) in [5, 5.41) is 15.2. The molecule has 0 saturated carbocycles. The number of carbonyl (C=O) groups excluding carboxylic acids is 1. The fraction of sp³-hybridized carbons (Fsp3) is 0.545. The van der Waals surface area contributed by atoms with E-state index in [2.05, 4.69) is 10.5 Å². The topological polar surface area (TPSA) is 78.9 Å². The molecule has 0 spiro atoms. The normalized spacial score (nSPS) is 12.2. The number of hydrogen-bond donors (Lipinski definition) is 1. The molecule has 1 N–H and O–H groups in total. The average molecular weight is 221 g/mol. The summed E-state index contributed by atoms with van der Waals surface area (Å²) in [6.45, 7) is 7.24. The zero-order valence-electron chi connectivity index (χ0n) is 9.87. The first-order valence-corrected chi connectivity index (χ1v) is 5.10. The minimum absolute atomic E-state index is 0.0330. The summed E-state index contributed by atoms with van der Waals surface area (Å²) in [4.78, 5) is 11.7. The summed E-state index contributed by atoms with van der Waals surface area (Å²) in [5.74, 6) is -0.737. The van der Waals surface area contributed by atoms with Crippen molar-refractivity contribution in [3.8, 4) is 6.07 Å². The molecule has 0 bridgehead atoms. The van der Waals surface area contributed by atoms with Gasteiger partial charge in [-0.15, -0.1) is 0 Å². The Morgan fingerprint density at radius 2 is 2.12 bits per heavy atom. The van der Waals surface area contributed by atoms with Crippen LogP contribution in [-0.4, -0.2) is 11.1 Å². The zero-order chi connectivity index (χ0) is 12.3. The molecule has 1 aromatic rings. The number of anilines is 1. The zero-order valence-corrected chi connectivity index (χ0v) is 9.87. The number of hydrogen-bond acceptors (Lipinski definition) is 4. The number of amides is 1. The average Bonchev–Trinajstić information content (AvgIpc) is 2.50. The first kappa shape index (κ1) is 12.2. The molecule has 0 aliphatic heterocycles. The first-order chi connectivity index (χ1) is 7.47. The molecule has 0 saturated heterocycles. The Morgan fingerprint density at radius 3 is 2.50 bits per heavy atom. The molecule has 1 unspecified atom stereocenters. The van der Waals surface area contributed by atoms with Gasteiger partial charge in [-0.1, -0.05) is 19.0 Å². The van der Waals surface area contributed by atoms with Crippen molar-refractivity contribution in [3.63, 3.8) is 0 Å². The van der Waals surface area contributed by atoms with Crippen LogP contribution in [-0.2, 0) is 4.79 Å². The number of aromatic nitrogens is 1. The molecule has 1 amide bonds. The van der Waals surface area contributed by atoms with Crippen LogP contribution in [0.2, 0.25) is 0 Å². The summed E-state index contributed by atoms with van der Waals surface area (Å²) in [6.07, 6.45) is 0. The Morgan fingerprint density at radius 1 is 1.50 bits per heavy atom. The third kappa shape index (κ3) is 2.40. The van der Waals surface area contributed by atoms with E-state index in [0.717, 1.165) is 11.3 Å². The van der Waals surface area contributed by atoms with E-state index in [1.165, 1.54) is 0 Å². The molecule has 0 radical (unpaired) electrons. The third-order valence-corrected chi connectivity index (χ3v) is 2.48. The fourth-order valence-corrected chi connectivity index (χ4v) is 1.23. The molecule has 16 heavy (non-hydrogen) atoms. The summed E-state index contributed by atoms with van der Waals surface area (Å²) >= 11 is 0. The lowest BCUT2D eigenvalue weighted by atomic mass is 9.97. The predicted molar refractivity (Wildman–Crippen MR) is 58.5 cm³/mol. The second-order valence-corrected chi connectivity index (χ2v) is 4.06. The molecule has 1 atom stereocenters. The lowest BCUT2D eigenvalue weighted by Crippen LogP contribution is -2.25. The molecule has 5 nitrogen and oxygen atoms in total. The maximum Gasteiger partial charge on any atom is 0.244 e. The molecule has 0 aromatic carbocycles. The second-order valence-electron chi connectivity index (χ2n) is 4.06. The number of rotatable bonds is 3. The number of nitrogens with one attached hydrogen (secondary N) is 1. The van der Waals surface area contributed by atoms with E-state index in [1.807, 2.05) is 19.9 Å². The van der Waals surface area contributed by atoms with Crippen molar-refractivity contribution < 1.29 is 9.32 Å². The molecule has 0 fully saturated rings. The van der Waals surface area contributed by atoms with E-state index in [9.17, 15) is 4.79 Å². The Bertz CT molecular complexity index is 429. The largest absolute Gasteiger partial charge is 0.338 e. The molecule has 1 rings (SSSR count). The molecular weight excluding hydrogens is 206 g/mol. The van der Waals surface area contributed by atoms with E-state index in [0.29, 0.717) is 5.88 Å². The van der Waals surface area contributed by atoms with E-state index in [-0.39, 0.29) is 11.8 Å². The molecule has 1 heterocycles. The van der Waals surface area contributed by atoms with Crippen molar-refractivity contribution in [2.75, 3.05) is 5.32 Å². The summed E-state index contributed by atoms with van der Waals surface area (Å²) in [7, 11) is 0. The quantitative estimate of drug-likeness (QED) is 0.846. The van der Waals surface area contributed by atoms with Crippen LogP contribution in [0, 0.1) is 37.0 Å². The Kier molecular flexibility index (Phi) is 3.67. The van der Waals surface area contributed by atoms with E-state index in [4.69, 9.17) is 9.78 Å². The van der Waals surface area contributed by atoms with Gasteiger partial charge >= 0.3 is 0 Å². The lowest BCUT2D eigenvalue weighted by molar-refractivity contribution is -0.119. The Labute approximate surface area is 94.4 Å². The van der Waals surface area contributed by atoms with Crippen LogP contribution in [0.1, 0.15) is 25.1 Å². The van der Waals surface area contributed by atoms with Gasteiger partial charge in [0, 0.05) is 5.56 Å². The highest BCUT2D eigenvalue weighted by Crippen LogP contribution is 2.19. The molecule has 1 aromatic heterocycles. The predicted octanol–water partition coefficient (Wildman–Crippen LogP) is 2.03. The van der Waals surface area contributed by atoms with Gasteiger partial charge < -0.3 is 4.52 Å². The van der Waals surface area contributed by atoms with Gasteiger partial charge in [-0.3, -0.25) is 10.1 Å². The fourth-order valence-electron chi connectivity index (χ4n) is 1.23. The number of aryl methyl sites for hydroxylation is 1. The van der Waals surface area contributed by atoms with Crippen LogP contribution in [0.25, 0.3) is 0 Å². The smallest absolute Gasteiger partial charge is 0.244 e. The van der Waals surface area contributed by atoms with E-state index < -0.39 is 5.92 Å². The highest BCUT2D eigenvalue weighted by atomic mass is 16.5. The van der Waals surface area contributed by atoms with Gasteiger partial charge in [0.25, 0.3) is 0 Å². The van der Waals surface area contributed by atoms with Crippen LogP contribution in [0.5, 0.6) is 0 Å². The Hall–Kier alpha value is -1.83. The molecule has 86 valence electrons. The number of nitrogens with zero attached hydrogens (tertiary/aromatic N) is 2. The van der Waals surface area contributed by atoms with Crippen LogP contribution < -0.4 is 5.32 Å². The molecule has 0 aliphatic rings. The highest BCUT2D eigenvalue weighted by Gasteiger charge is 2.23. The maximum absolute atomic E-state index is 11.7.